The molecule has 0 aromatic rings. The second-order valence-electron chi connectivity index (χ2n) is 11.6. The first kappa shape index (κ1) is 41.3. The lowest BCUT2D eigenvalue weighted by atomic mass is 10.0. The van der Waals surface area contributed by atoms with Crippen LogP contribution in [0.4, 0.5) is 0 Å². The summed E-state index contributed by atoms with van der Waals surface area (Å²) in [5.74, 6) is 0.0908. The number of carbonyl (C=O) groups is 2. The monoisotopic (exact) mass is 614 g/mol. The smallest absolute Gasteiger partial charge is 0.306 e. The minimum absolute atomic E-state index is 0.153. The fourth-order valence-corrected chi connectivity index (χ4v) is 4.14. The fourth-order valence-electron chi connectivity index (χ4n) is 4.14. The largest absolute Gasteiger partial charge is 0.463 e. The summed E-state index contributed by atoms with van der Waals surface area (Å²) in [5, 5.41) is 19.7. The molecule has 0 aliphatic heterocycles. The van der Waals surface area contributed by atoms with Crippen LogP contribution in [0.15, 0.2) is 72.9 Å². The molecule has 0 rings (SSSR count). The third-order valence-electron chi connectivity index (χ3n) is 6.73. The standard InChI is InChI=1S/C38H62O6/c1-4-5-22-28-35(39)29-24-19-15-11-9-7-6-8-10-12-16-20-25-30-37(41)43-32-36(40)33-44-38(42)31-26-21-17-13-14-18-23-27-34(2)3/h5,7-10,15-16,19-20,22,24,29,34-36,39-40H,4,6,11-14,17-18,21,23,25-28,30-33H2,1-3H3/b9-7-,10-8-,19-15+,20-16-,22-5-,29-24+/t35?,36-/m1/s1. The Morgan fingerprint density at radius 1 is 0.636 bits per heavy atom. The molecule has 0 heterocycles. The van der Waals surface area contributed by atoms with Gasteiger partial charge in [-0.25, -0.2) is 0 Å². The van der Waals surface area contributed by atoms with E-state index in [9.17, 15) is 19.8 Å². The van der Waals surface area contributed by atoms with Gasteiger partial charge in [0, 0.05) is 12.8 Å². The zero-order valence-corrected chi connectivity index (χ0v) is 27.9. The number of aliphatic hydroxyl groups is 2. The van der Waals surface area contributed by atoms with Crippen LogP contribution >= 0.6 is 0 Å². The van der Waals surface area contributed by atoms with Gasteiger partial charge in [0.2, 0.25) is 0 Å². The number of hydrogen-bond donors (Lipinski definition) is 2. The average molecular weight is 615 g/mol. The van der Waals surface area contributed by atoms with E-state index in [0.29, 0.717) is 19.3 Å². The summed E-state index contributed by atoms with van der Waals surface area (Å²) in [7, 11) is 0. The van der Waals surface area contributed by atoms with E-state index in [1.54, 1.807) is 6.08 Å². The number of rotatable bonds is 28. The van der Waals surface area contributed by atoms with Crippen molar-refractivity contribution in [3.8, 4) is 0 Å². The van der Waals surface area contributed by atoms with E-state index < -0.39 is 12.2 Å². The van der Waals surface area contributed by atoms with Crippen LogP contribution in [0.3, 0.4) is 0 Å². The van der Waals surface area contributed by atoms with Gasteiger partial charge in [-0.2, -0.15) is 0 Å². The molecule has 44 heavy (non-hydrogen) atoms. The molecule has 0 saturated heterocycles. The van der Waals surface area contributed by atoms with Gasteiger partial charge < -0.3 is 19.7 Å². The van der Waals surface area contributed by atoms with Gasteiger partial charge in [-0.05, 0) is 50.9 Å². The lowest BCUT2D eigenvalue weighted by Crippen LogP contribution is -2.25. The van der Waals surface area contributed by atoms with Crippen LogP contribution in [-0.4, -0.2) is 47.6 Å². The first-order valence-electron chi connectivity index (χ1n) is 17.0. The van der Waals surface area contributed by atoms with Crippen LogP contribution in [0.2, 0.25) is 0 Å². The van der Waals surface area contributed by atoms with Crippen molar-refractivity contribution in [2.45, 2.75) is 136 Å². The molecular weight excluding hydrogens is 552 g/mol. The molecule has 1 unspecified atom stereocenters. The van der Waals surface area contributed by atoms with Gasteiger partial charge in [-0.1, -0.05) is 139 Å². The van der Waals surface area contributed by atoms with Crippen molar-refractivity contribution in [1.82, 2.24) is 0 Å². The summed E-state index contributed by atoms with van der Waals surface area (Å²) in [6, 6.07) is 0. The van der Waals surface area contributed by atoms with Gasteiger partial charge in [-0.3, -0.25) is 9.59 Å². The van der Waals surface area contributed by atoms with Crippen LogP contribution in [0.1, 0.15) is 124 Å². The van der Waals surface area contributed by atoms with Gasteiger partial charge in [-0.15, -0.1) is 0 Å². The van der Waals surface area contributed by atoms with Gasteiger partial charge in [0.15, 0.2) is 0 Å². The minimum Gasteiger partial charge on any atom is -0.463 e. The Balaban J connectivity index is 3.70. The number of hydrogen-bond acceptors (Lipinski definition) is 6. The molecule has 0 amide bonds. The Labute approximate surface area is 268 Å². The maximum absolute atomic E-state index is 11.9. The molecule has 2 N–H and O–H groups in total. The Kier molecular flexibility index (Phi) is 29.8. The topological polar surface area (TPSA) is 93.1 Å². The predicted octanol–water partition coefficient (Wildman–Crippen LogP) is 9.05. The number of ether oxygens (including phenoxy) is 2. The van der Waals surface area contributed by atoms with E-state index in [-0.39, 0.29) is 31.6 Å². The minimum atomic E-state index is -1.01. The van der Waals surface area contributed by atoms with E-state index in [0.717, 1.165) is 50.9 Å². The van der Waals surface area contributed by atoms with Crippen LogP contribution in [-0.2, 0) is 19.1 Å². The van der Waals surface area contributed by atoms with Gasteiger partial charge >= 0.3 is 11.9 Å². The average Bonchev–Trinajstić information content (AvgIpc) is 3.00. The van der Waals surface area contributed by atoms with Crippen LogP contribution in [0.5, 0.6) is 0 Å². The summed E-state index contributed by atoms with van der Waals surface area (Å²) < 4.78 is 10.2. The highest BCUT2D eigenvalue weighted by Gasteiger charge is 2.11. The first-order valence-corrected chi connectivity index (χ1v) is 17.0. The molecule has 250 valence electrons. The Morgan fingerprint density at radius 3 is 1.80 bits per heavy atom. The first-order chi connectivity index (χ1) is 21.3. The van der Waals surface area contributed by atoms with E-state index in [4.69, 9.17) is 9.47 Å². The normalized spacial score (nSPS) is 14.0. The summed E-state index contributed by atoms with van der Waals surface area (Å²) in [6.07, 6.45) is 37.3. The molecule has 0 bridgehead atoms. The molecule has 0 aromatic carbocycles. The fraction of sp³-hybridized carbons (Fsp3) is 0.632. The maximum atomic E-state index is 11.9. The quantitative estimate of drug-likeness (QED) is 0.0395. The van der Waals surface area contributed by atoms with Crippen LogP contribution < -0.4 is 0 Å². The molecule has 0 aromatic heterocycles. The lowest BCUT2D eigenvalue weighted by molar-refractivity contribution is -0.152. The number of esters is 2. The molecule has 0 saturated carbocycles. The molecule has 0 radical (unpaired) electrons. The molecule has 0 fully saturated rings. The van der Waals surface area contributed by atoms with E-state index in [1.807, 2.05) is 30.4 Å². The van der Waals surface area contributed by atoms with E-state index in [1.165, 1.54) is 32.1 Å². The van der Waals surface area contributed by atoms with Crippen molar-refractivity contribution in [2.75, 3.05) is 13.2 Å². The SMILES string of the molecule is CC/C=C\CC(O)/C=C/C=C/C/C=C\C/C=C\C/C=C\CCC(=O)OC[C@@H](O)COC(=O)CCCCCCCCCC(C)C. The zero-order valence-electron chi connectivity index (χ0n) is 27.9. The molecule has 2 atom stereocenters. The predicted molar refractivity (Wildman–Crippen MR) is 183 cm³/mol. The highest BCUT2D eigenvalue weighted by Crippen LogP contribution is 2.13. The van der Waals surface area contributed by atoms with E-state index >= 15 is 0 Å². The van der Waals surface area contributed by atoms with Crippen molar-refractivity contribution in [2.24, 2.45) is 5.92 Å². The van der Waals surface area contributed by atoms with Crippen molar-refractivity contribution in [3.05, 3.63) is 72.9 Å². The summed E-state index contributed by atoms with van der Waals surface area (Å²) >= 11 is 0. The van der Waals surface area contributed by atoms with Crippen molar-refractivity contribution in [1.29, 1.82) is 0 Å². The Hall–Kier alpha value is -2.70. The molecule has 0 aliphatic rings. The second kappa shape index (κ2) is 31.7. The third-order valence-corrected chi connectivity index (χ3v) is 6.73. The molecular formula is C38H62O6. The van der Waals surface area contributed by atoms with Crippen LogP contribution in [0.25, 0.3) is 0 Å². The molecule has 0 aliphatic carbocycles. The molecule has 6 nitrogen and oxygen atoms in total. The van der Waals surface area contributed by atoms with E-state index in [2.05, 4.69) is 57.2 Å². The number of unbranched alkanes of at least 4 members (excludes halogenated alkanes) is 6. The van der Waals surface area contributed by atoms with Gasteiger partial charge in [0.05, 0.1) is 6.10 Å². The summed E-state index contributed by atoms with van der Waals surface area (Å²) in [6.45, 7) is 6.27. The van der Waals surface area contributed by atoms with Crippen molar-refractivity contribution >= 4 is 11.9 Å². The van der Waals surface area contributed by atoms with Gasteiger partial charge in [0.1, 0.15) is 19.3 Å². The number of aliphatic hydroxyl groups excluding tert-OH is 2. The molecule has 6 heteroatoms. The highest BCUT2D eigenvalue weighted by atomic mass is 16.6. The molecule has 0 spiro atoms. The van der Waals surface area contributed by atoms with Crippen molar-refractivity contribution < 1.29 is 29.3 Å². The Bertz CT molecular complexity index is 865. The highest BCUT2D eigenvalue weighted by molar-refractivity contribution is 5.70. The summed E-state index contributed by atoms with van der Waals surface area (Å²) in [4.78, 5) is 23.7. The third kappa shape index (κ3) is 32.2. The Morgan fingerprint density at radius 2 is 1.18 bits per heavy atom. The zero-order chi connectivity index (χ0) is 32.5. The van der Waals surface area contributed by atoms with Crippen molar-refractivity contribution in [3.63, 3.8) is 0 Å². The number of carbonyl (C=O) groups excluding carboxylic acids is 2. The second-order valence-corrected chi connectivity index (χ2v) is 11.6. The summed E-state index contributed by atoms with van der Waals surface area (Å²) in [5.41, 5.74) is 0. The lowest BCUT2D eigenvalue weighted by Gasteiger charge is -2.12. The van der Waals surface area contributed by atoms with Crippen LogP contribution in [0, 0.1) is 5.92 Å². The van der Waals surface area contributed by atoms with Gasteiger partial charge in [0.25, 0.3) is 0 Å². The number of allylic oxidation sites excluding steroid dienone is 10. The maximum Gasteiger partial charge on any atom is 0.306 e.